The summed E-state index contributed by atoms with van der Waals surface area (Å²) in [6.07, 6.45) is 0. The molecule has 0 bridgehead atoms. The molecule has 0 spiro atoms. The highest BCUT2D eigenvalue weighted by Gasteiger charge is 2.11. The molecule has 0 aliphatic heterocycles. The Labute approximate surface area is 135 Å². The molecule has 0 atom stereocenters. The van der Waals surface area contributed by atoms with Crippen LogP contribution in [0.2, 0.25) is 0 Å². The van der Waals surface area contributed by atoms with Crippen LogP contribution in [0.15, 0.2) is 42.5 Å². The molecule has 0 saturated carbocycles. The lowest BCUT2D eigenvalue weighted by atomic mass is 10.1. The number of carbonyl (C=O) groups is 1. The van der Waals surface area contributed by atoms with Crippen LogP contribution in [0.1, 0.15) is 15.9 Å². The largest absolute Gasteiger partial charge is 0.273 e. The molecule has 7 nitrogen and oxygen atoms in total. The maximum atomic E-state index is 12.0. The molecule has 1 amide bonds. The van der Waals surface area contributed by atoms with Gasteiger partial charge in [0.1, 0.15) is 0 Å². The van der Waals surface area contributed by atoms with Gasteiger partial charge >= 0.3 is 0 Å². The Morgan fingerprint density at radius 1 is 1.26 bits per heavy atom. The van der Waals surface area contributed by atoms with Crippen molar-refractivity contribution in [2.75, 3.05) is 5.43 Å². The molecule has 116 valence electrons. The summed E-state index contributed by atoms with van der Waals surface area (Å²) >= 11 is 1.23. The summed E-state index contributed by atoms with van der Waals surface area (Å²) in [6.45, 7) is 1.91. The number of hydrogen-bond acceptors (Lipinski definition) is 6. The first-order valence-electron chi connectivity index (χ1n) is 6.71. The number of fused-ring (bicyclic) bond motifs is 1. The molecular weight excluding hydrogens is 316 g/mol. The van der Waals surface area contributed by atoms with Crippen LogP contribution in [0.25, 0.3) is 10.2 Å². The van der Waals surface area contributed by atoms with E-state index in [1.165, 1.54) is 23.5 Å². The number of rotatable bonds is 4. The van der Waals surface area contributed by atoms with Crippen molar-refractivity contribution in [2.45, 2.75) is 6.92 Å². The second-order valence-electron chi connectivity index (χ2n) is 4.88. The Kier molecular flexibility index (Phi) is 3.90. The smallest absolute Gasteiger partial charge is 0.270 e. The molecule has 0 aliphatic carbocycles. The van der Waals surface area contributed by atoms with Gasteiger partial charge < -0.3 is 0 Å². The van der Waals surface area contributed by atoms with E-state index in [-0.39, 0.29) is 11.6 Å². The molecule has 8 heteroatoms. The topological polar surface area (TPSA) is 97.2 Å². The molecule has 0 radical (unpaired) electrons. The van der Waals surface area contributed by atoms with E-state index in [1.807, 2.05) is 13.0 Å². The van der Waals surface area contributed by atoms with E-state index in [4.69, 9.17) is 0 Å². The predicted octanol–water partition coefficient (Wildman–Crippen LogP) is 3.27. The van der Waals surface area contributed by atoms with E-state index in [2.05, 4.69) is 15.8 Å². The third-order valence-electron chi connectivity index (χ3n) is 3.15. The molecule has 23 heavy (non-hydrogen) atoms. The van der Waals surface area contributed by atoms with E-state index >= 15 is 0 Å². The second-order valence-corrected chi connectivity index (χ2v) is 5.91. The number of benzene rings is 2. The number of carbonyl (C=O) groups excluding carboxylic acids is 1. The van der Waals surface area contributed by atoms with Crippen molar-refractivity contribution in [1.29, 1.82) is 0 Å². The van der Waals surface area contributed by atoms with E-state index in [0.29, 0.717) is 20.9 Å². The molecule has 0 aliphatic rings. The van der Waals surface area contributed by atoms with Crippen LogP contribution in [0.3, 0.4) is 0 Å². The zero-order valence-electron chi connectivity index (χ0n) is 12.1. The SMILES string of the molecule is Cc1cccc(C(=O)NNc2nc3ccc([N+](=O)[O-])cc3s2)c1. The van der Waals surface area contributed by atoms with Gasteiger partial charge in [-0.15, -0.1) is 0 Å². The highest BCUT2D eigenvalue weighted by Crippen LogP contribution is 2.28. The summed E-state index contributed by atoms with van der Waals surface area (Å²) in [5, 5.41) is 11.2. The first-order chi connectivity index (χ1) is 11.0. The van der Waals surface area contributed by atoms with Crippen LogP contribution in [0, 0.1) is 17.0 Å². The van der Waals surface area contributed by atoms with Gasteiger partial charge in [0.25, 0.3) is 11.6 Å². The molecule has 0 saturated heterocycles. The molecular formula is C15H12N4O3S. The number of aromatic nitrogens is 1. The number of non-ortho nitro benzene ring substituents is 1. The van der Waals surface area contributed by atoms with E-state index in [1.54, 1.807) is 24.3 Å². The van der Waals surface area contributed by atoms with Crippen LogP contribution >= 0.6 is 11.3 Å². The summed E-state index contributed by atoms with van der Waals surface area (Å²) in [6, 6.07) is 11.6. The van der Waals surface area contributed by atoms with Crippen molar-refractivity contribution in [2.24, 2.45) is 0 Å². The first-order valence-corrected chi connectivity index (χ1v) is 7.52. The first kappa shape index (κ1) is 14.9. The molecule has 2 aromatic carbocycles. The summed E-state index contributed by atoms with van der Waals surface area (Å²) in [4.78, 5) is 26.6. The van der Waals surface area contributed by atoms with Crippen LogP contribution in [-0.2, 0) is 0 Å². The predicted molar refractivity (Wildman–Crippen MR) is 88.5 cm³/mol. The zero-order valence-corrected chi connectivity index (χ0v) is 12.9. The van der Waals surface area contributed by atoms with Crippen molar-refractivity contribution < 1.29 is 9.72 Å². The summed E-state index contributed by atoms with van der Waals surface area (Å²) in [7, 11) is 0. The maximum absolute atomic E-state index is 12.0. The number of thiazole rings is 1. The average Bonchev–Trinajstić information content (AvgIpc) is 2.94. The van der Waals surface area contributed by atoms with Gasteiger partial charge in [-0.1, -0.05) is 29.0 Å². The minimum Gasteiger partial charge on any atom is -0.273 e. The quantitative estimate of drug-likeness (QED) is 0.566. The fraction of sp³-hybridized carbons (Fsp3) is 0.0667. The second kappa shape index (κ2) is 6.01. The number of hydrazine groups is 1. The number of nitrogens with zero attached hydrogens (tertiary/aromatic N) is 2. The molecule has 1 aromatic heterocycles. The van der Waals surface area contributed by atoms with Gasteiger partial charge in [-0.3, -0.25) is 25.8 Å². The number of nitrogens with one attached hydrogen (secondary N) is 2. The fourth-order valence-corrected chi connectivity index (χ4v) is 2.90. The van der Waals surface area contributed by atoms with Crippen LogP contribution < -0.4 is 10.9 Å². The zero-order chi connectivity index (χ0) is 16.4. The van der Waals surface area contributed by atoms with Crippen LogP contribution in [0.4, 0.5) is 10.8 Å². The normalized spacial score (nSPS) is 10.5. The van der Waals surface area contributed by atoms with Crippen molar-refractivity contribution >= 4 is 38.3 Å². The van der Waals surface area contributed by atoms with Gasteiger partial charge in [-0.05, 0) is 25.1 Å². The summed E-state index contributed by atoms with van der Waals surface area (Å²) < 4.78 is 0.673. The third-order valence-corrected chi connectivity index (χ3v) is 4.08. The Morgan fingerprint density at radius 3 is 2.83 bits per heavy atom. The monoisotopic (exact) mass is 328 g/mol. The van der Waals surface area contributed by atoms with Crippen molar-refractivity contribution in [3.63, 3.8) is 0 Å². The van der Waals surface area contributed by atoms with Gasteiger partial charge in [0.05, 0.1) is 15.1 Å². The Morgan fingerprint density at radius 2 is 2.09 bits per heavy atom. The maximum Gasteiger partial charge on any atom is 0.270 e. The van der Waals surface area contributed by atoms with Crippen molar-refractivity contribution in [3.8, 4) is 0 Å². The van der Waals surface area contributed by atoms with Crippen LogP contribution in [0.5, 0.6) is 0 Å². The molecule has 3 rings (SSSR count). The van der Waals surface area contributed by atoms with Gasteiger partial charge in [0, 0.05) is 17.7 Å². The molecule has 1 heterocycles. The Balaban J connectivity index is 1.74. The number of amides is 1. The third kappa shape index (κ3) is 3.27. The molecule has 2 N–H and O–H groups in total. The average molecular weight is 328 g/mol. The number of nitro groups is 1. The number of hydrogen-bond donors (Lipinski definition) is 2. The van der Waals surface area contributed by atoms with Gasteiger partial charge in [-0.25, -0.2) is 4.98 Å². The summed E-state index contributed by atoms with van der Waals surface area (Å²) in [5.41, 5.74) is 7.47. The number of aryl methyl sites for hydroxylation is 1. The molecule has 0 fully saturated rings. The number of anilines is 1. The fourth-order valence-electron chi connectivity index (χ4n) is 2.05. The van der Waals surface area contributed by atoms with Gasteiger partial charge in [0.2, 0.25) is 5.13 Å². The lowest BCUT2D eigenvalue weighted by molar-refractivity contribution is -0.384. The Hall–Kier alpha value is -3.00. The van der Waals surface area contributed by atoms with Crippen molar-refractivity contribution in [3.05, 3.63) is 63.7 Å². The summed E-state index contributed by atoms with van der Waals surface area (Å²) in [5.74, 6) is -0.279. The minimum atomic E-state index is -0.453. The lowest BCUT2D eigenvalue weighted by Crippen LogP contribution is -2.29. The van der Waals surface area contributed by atoms with Gasteiger partial charge in [0.15, 0.2) is 0 Å². The minimum absolute atomic E-state index is 0.0106. The van der Waals surface area contributed by atoms with Crippen LogP contribution in [-0.4, -0.2) is 15.8 Å². The highest BCUT2D eigenvalue weighted by molar-refractivity contribution is 7.22. The lowest BCUT2D eigenvalue weighted by Gasteiger charge is -2.05. The van der Waals surface area contributed by atoms with Crippen molar-refractivity contribution in [1.82, 2.24) is 10.4 Å². The van der Waals surface area contributed by atoms with E-state index in [0.717, 1.165) is 5.56 Å². The molecule has 0 unspecified atom stereocenters. The standard InChI is InChI=1S/C15H12N4O3S/c1-9-3-2-4-10(7-9)14(20)17-18-15-16-12-6-5-11(19(21)22)8-13(12)23-15/h2-8H,1H3,(H,16,18)(H,17,20). The number of nitro benzene ring substituents is 1. The Bertz CT molecular complexity index is 907. The molecule has 3 aromatic rings. The highest BCUT2D eigenvalue weighted by atomic mass is 32.1. The van der Waals surface area contributed by atoms with E-state index in [9.17, 15) is 14.9 Å². The van der Waals surface area contributed by atoms with Gasteiger partial charge in [-0.2, -0.15) is 0 Å². The van der Waals surface area contributed by atoms with E-state index < -0.39 is 4.92 Å².